The molecule has 3 nitrogen and oxygen atoms in total. The first-order valence-electron chi connectivity index (χ1n) is 6.23. The van der Waals surface area contributed by atoms with Crippen molar-refractivity contribution in [3.8, 4) is 11.6 Å². The maximum Gasteiger partial charge on any atom is 0.244 e. The van der Waals surface area contributed by atoms with Gasteiger partial charge in [0.25, 0.3) is 0 Å². The molecule has 1 aromatic heterocycles. The maximum atomic E-state index is 6.28. The number of nitrogens with two attached hydrogens (primary N) is 1. The van der Waals surface area contributed by atoms with E-state index < -0.39 is 0 Å². The third-order valence-corrected chi connectivity index (χ3v) is 3.47. The number of aryl methyl sites for hydroxylation is 1. The molecule has 0 aliphatic carbocycles. The van der Waals surface area contributed by atoms with E-state index in [0.29, 0.717) is 22.3 Å². The Kier molecular flexibility index (Phi) is 3.20. The highest BCUT2D eigenvalue weighted by molar-refractivity contribution is 6.38. The predicted octanol–water partition coefficient (Wildman–Crippen LogP) is 4.57. The van der Waals surface area contributed by atoms with Gasteiger partial charge in [0.05, 0.1) is 10.5 Å². The van der Waals surface area contributed by atoms with Crippen molar-refractivity contribution in [3.05, 3.63) is 59.1 Å². The van der Waals surface area contributed by atoms with Crippen LogP contribution in [0.4, 0.5) is 5.69 Å². The van der Waals surface area contributed by atoms with E-state index in [1.807, 2.05) is 55.5 Å². The zero-order chi connectivity index (χ0) is 14.1. The average Bonchev–Trinajstić information content (AvgIpc) is 2.47. The van der Waals surface area contributed by atoms with E-state index in [-0.39, 0.29) is 0 Å². The zero-order valence-electron chi connectivity index (χ0n) is 10.9. The summed E-state index contributed by atoms with van der Waals surface area (Å²) in [5.74, 6) is 1.01. The number of ether oxygens (including phenoxy) is 1. The van der Waals surface area contributed by atoms with Gasteiger partial charge < -0.3 is 10.5 Å². The normalized spacial score (nSPS) is 10.7. The molecule has 0 amide bonds. The standard InChI is InChI=1S/C16H13ClN2O/c1-10-6-8-11(9-7-10)20-16-15(18)14(17)12-4-2-3-5-13(12)19-16/h2-9H,18H2,1H3. The maximum absolute atomic E-state index is 6.28. The average molecular weight is 285 g/mol. The Labute approximate surface area is 122 Å². The van der Waals surface area contributed by atoms with E-state index >= 15 is 0 Å². The van der Waals surface area contributed by atoms with E-state index in [9.17, 15) is 0 Å². The van der Waals surface area contributed by atoms with Crippen molar-refractivity contribution < 1.29 is 4.74 Å². The smallest absolute Gasteiger partial charge is 0.244 e. The molecule has 0 aliphatic heterocycles. The predicted molar refractivity (Wildman–Crippen MR) is 82.4 cm³/mol. The van der Waals surface area contributed by atoms with Crippen LogP contribution in [-0.4, -0.2) is 4.98 Å². The third kappa shape index (κ3) is 2.28. The SMILES string of the molecule is Cc1ccc(Oc2nc3ccccc3c(Cl)c2N)cc1. The summed E-state index contributed by atoms with van der Waals surface area (Å²) < 4.78 is 5.73. The third-order valence-electron chi connectivity index (χ3n) is 3.06. The Hall–Kier alpha value is -2.26. The van der Waals surface area contributed by atoms with Crippen molar-refractivity contribution in [1.82, 2.24) is 4.98 Å². The molecule has 4 heteroatoms. The molecule has 20 heavy (non-hydrogen) atoms. The fourth-order valence-electron chi connectivity index (χ4n) is 1.96. The Balaban J connectivity index is 2.07. The zero-order valence-corrected chi connectivity index (χ0v) is 11.7. The van der Waals surface area contributed by atoms with Crippen LogP contribution in [0.3, 0.4) is 0 Å². The molecule has 0 atom stereocenters. The van der Waals surface area contributed by atoms with Gasteiger partial charge in [-0.25, -0.2) is 4.98 Å². The Morgan fingerprint density at radius 1 is 1.05 bits per heavy atom. The highest BCUT2D eigenvalue weighted by Crippen LogP contribution is 2.36. The van der Waals surface area contributed by atoms with Crippen LogP contribution in [0.15, 0.2) is 48.5 Å². The number of rotatable bonds is 2. The van der Waals surface area contributed by atoms with Gasteiger partial charge in [0, 0.05) is 5.39 Å². The lowest BCUT2D eigenvalue weighted by molar-refractivity contribution is 0.467. The van der Waals surface area contributed by atoms with Crippen LogP contribution in [0.25, 0.3) is 10.9 Å². The molecule has 100 valence electrons. The van der Waals surface area contributed by atoms with Crippen LogP contribution >= 0.6 is 11.6 Å². The topological polar surface area (TPSA) is 48.1 Å². The lowest BCUT2D eigenvalue weighted by atomic mass is 10.2. The van der Waals surface area contributed by atoms with Crippen molar-refractivity contribution in [2.45, 2.75) is 6.92 Å². The second-order valence-corrected chi connectivity index (χ2v) is 4.95. The number of para-hydroxylation sites is 1. The van der Waals surface area contributed by atoms with Gasteiger partial charge in [0.15, 0.2) is 0 Å². The molecular formula is C16H13ClN2O. The number of halogens is 1. The summed E-state index contributed by atoms with van der Waals surface area (Å²) in [6.07, 6.45) is 0. The van der Waals surface area contributed by atoms with Crippen molar-refractivity contribution in [3.63, 3.8) is 0 Å². The fourth-order valence-corrected chi connectivity index (χ4v) is 2.20. The first-order valence-corrected chi connectivity index (χ1v) is 6.61. The highest BCUT2D eigenvalue weighted by Gasteiger charge is 2.12. The number of fused-ring (bicyclic) bond motifs is 1. The first-order chi connectivity index (χ1) is 9.65. The quantitative estimate of drug-likeness (QED) is 0.750. The van der Waals surface area contributed by atoms with Crippen LogP contribution in [0.1, 0.15) is 5.56 Å². The van der Waals surface area contributed by atoms with Gasteiger partial charge in [-0.05, 0) is 25.1 Å². The summed E-state index contributed by atoms with van der Waals surface area (Å²) in [7, 11) is 0. The van der Waals surface area contributed by atoms with Crippen LogP contribution in [0.2, 0.25) is 5.02 Å². The van der Waals surface area contributed by atoms with Gasteiger partial charge in [-0.3, -0.25) is 0 Å². The van der Waals surface area contributed by atoms with Gasteiger partial charge in [-0.1, -0.05) is 47.5 Å². The van der Waals surface area contributed by atoms with Gasteiger partial charge in [-0.2, -0.15) is 0 Å². The second kappa shape index (κ2) is 5.02. The van der Waals surface area contributed by atoms with Gasteiger partial charge in [0.1, 0.15) is 11.4 Å². The molecule has 2 N–H and O–H groups in total. The number of hydrogen-bond acceptors (Lipinski definition) is 3. The number of aromatic nitrogens is 1. The number of benzene rings is 2. The number of pyridine rings is 1. The summed E-state index contributed by atoms with van der Waals surface area (Å²) in [4.78, 5) is 4.42. The molecule has 2 aromatic carbocycles. The second-order valence-electron chi connectivity index (χ2n) is 4.58. The largest absolute Gasteiger partial charge is 0.437 e. The number of nitrogens with zero attached hydrogens (tertiary/aromatic N) is 1. The molecule has 3 aromatic rings. The summed E-state index contributed by atoms with van der Waals surface area (Å²) in [5, 5.41) is 1.29. The summed E-state index contributed by atoms with van der Waals surface area (Å²) in [6, 6.07) is 15.2. The molecule has 0 fully saturated rings. The minimum Gasteiger partial charge on any atom is -0.437 e. The fraction of sp³-hybridized carbons (Fsp3) is 0.0625. The van der Waals surface area contributed by atoms with E-state index in [0.717, 1.165) is 16.5 Å². The molecule has 0 saturated carbocycles. The first kappa shape index (κ1) is 12.8. The molecule has 1 heterocycles. The molecule has 3 rings (SSSR count). The highest BCUT2D eigenvalue weighted by atomic mass is 35.5. The Morgan fingerprint density at radius 3 is 2.50 bits per heavy atom. The molecular weight excluding hydrogens is 272 g/mol. The number of nitrogen functional groups attached to an aromatic ring is 1. The Morgan fingerprint density at radius 2 is 1.75 bits per heavy atom. The van der Waals surface area contributed by atoms with Crippen molar-refractivity contribution in [1.29, 1.82) is 0 Å². The van der Waals surface area contributed by atoms with Crippen LogP contribution in [0, 0.1) is 6.92 Å². The van der Waals surface area contributed by atoms with E-state index in [1.54, 1.807) is 0 Å². The molecule has 0 spiro atoms. The van der Waals surface area contributed by atoms with Crippen LogP contribution in [-0.2, 0) is 0 Å². The van der Waals surface area contributed by atoms with Gasteiger partial charge in [0.2, 0.25) is 5.88 Å². The van der Waals surface area contributed by atoms with E-state index in [1.165, 1.54) is 0 Å². The van der Waals surface area contributed by atoms with Crippen LogP contribution in [0.5, 0.6) is 11.6 Å². The molecule has 0 unspecified atom stereocenters. The molecule has 0 saturated heterocycles. The van der Waals surface area contributed by atoms with Crippen molar-refractivity contribution in [2.24, 2.45) is 0 Å². The Bertz CT molecular complexity index is 769. The monoisotopic (exact) mass is 284 g/mol. The van der Waals surface area contributed by atoms with Crippen LogP contribution < -0.4 is 10.5 Å². The number of anilines is 1. The van der Waals surface area contributed by atoms with Gasteiger partial charge >= 0.3 is 0 Å². The number of hydrogen-bond donors (Lipinski definition) is 1. The van der Waals surface area contributed by atoms with Gasteiger partial charge in [-0.15, -0.1) is 0 Å². The molecule has 0 aliphatic rings. The molecule has 0 bridgehead atoms. The van der Waals surface area contributed by atoms with Crippen molar-refractivity contribution >= 4 is 28.2 Å². The minimum absolute atomic E-state index is 0.331. The van der Waals surface area contributed by atoms with E-state index in [4.69, 9.17) is 22.1 Å². The van der Waals surface area contributed by atoms with Crippen molar-refractivity contribution in [2.75, 3.05) is 5.73 Å². The summed E-state index contributed by atoms with van der Waals surface area (Å²) >= 11 is 6.28. The lowest BCUT2D eigenvalue weighted by Crippen LogP contribution is -1.97. The summed E-state index contributed by atoms with van der Waals surface area (Å²) in [5.41, 5.74) is 8.28. The van der Waals surface area contributed by atoms with E-state index in [2.05, 4.69) is 4.98 Å². The molecule has 0 radical (unpaired) electrons. The lowest BCUT2D eigenvalue weighted by Gasteiger charge is -2.11. The minimum atomic E-state index is 0.331. The summed E-state index contributed by atoms with van der Waals surface area (Å²) in [6.45, 7) is 2.02.